The summed E-state index contributed by atoms with van der Waals surface area (Å²) in [6.45, 7) is 0. The van der Waals surface area contributed by atoms with Gasteiger partial charge in [-0.25, -0.2) is 0 Å². The molecule has 1 N–H and O–H groups in total. The number of benzene rings is 2. The lowest BCUT2D eigenvalue weighted by molar-refractivity contribution is -0.118. The van der Waals surface area contributed by atoms with E-state index in [1.165, 1.54) is 0 Å². The number of amides is 2. The molecule has 0 radical (unpaired) electrons. The number of hydrogen-bond acceptors (Lipinski definition) is 2. The summed E-state index contributed by atoms with van der Waals surface area (Å²) in [5, 5.41) is 4.30. The molecule has 2 aromatic carbocycles. The lowest BCUT2D eigenvalue weighted by Crippen LogP contribution is -2.26. The Hall–Kier alpha value is -1.85. The molecular formula is C19H18BrClN2O2. The third kappa shape index (κ3) is 3.88. The molecule has 0 spiro atoms. The Bertz CT molecular complexity index is 810. The van der Waals surface area contributed by atoms with Crippen molar-refractivity contribution >= 4 is 56.4 Å². The van der Waals surface area contributed by atoms with Gasteiger partial charge in [0.15, 0.2) is 0 Å². The number of alkyl halides is 1. The summed E-state index contributed by atoms with van der Waals surface area (Å²) >= 11 is 9.48. The molecule has 0 bridgehead atoms. The van der Waals surface area contributed by atoms with Gasteiger partial charge < -0.3 is 5.32 Å². The standard InChI is InChI=1S/C19H18BrClN2O2/c20-11-5-1-2-8-18(24)23-16-7-4-3-6-14(16)19(25)22-15-12-13(21)9-10-17(15)23/h3-4,6-7,9-10,12H,1-2,5,8,11H2,(H,22,25). The van der Waals surface area contributed by atoms with Crippen molar-refractivity contribution in [3.05, 3.63) is 53.1 Å². The van der Waals surface area contributed by atoms with Crippen LogP contribution in [0.1, 0.15) is 36.0 Å². The maximum Gasteiger partial charge on any atom is 0.257 e. The molecule has 2 amide bonds. The molecule has 0 atom stereocenters. The summed E-state index contributed by atoms with van der Waals surface area (Å²) in [5.74, 6) is -0.268. The number of carbonyl (C=O) groups excluding carboxylic acids is 2. The monoisotopic (exact) mass is 420 g/mol. The van der Waals surface area contributed by atoms with Gasteiger partial charge in [0.05, 0.1) is 22.6 Å². The summed E-state index contributed by atoms with van der Waals surface area (Å²) in [5.41, 5.74) is 2.27. The van der Waals surface area contributed by atoms with E-state index in [2.05, 4.69) is 21.2 Å². The first-order chi connectivity index (χ1) is 12.1. The number of rotatable bonds is 5. The van der Waals surface area contributed by atoms with E-state index in [-0.39, 0.29) is 11.8 Å². The van der Waals surface area contributed by atoms with Crippen LogP contribution in [0.2, 0.25) is 5.02 Å². The summed E-state index contributed by atoms with van der Waals surface area (Å²) in [6.07, 6.45) is 3.26. The van der Waals surface area contributed by atoms with Gasteiger partial charge in [-0.05, 0) is 43.2 Å². The number of halogens is 2. The van der Waals surface area contributed by atoms with E-state index in [0.29, 0.717) is 34.1 Å². The van der Waals surface area contributed by atoms with Gasteiger partial charge in [-0.1, -0.05) is 46.1 Å². The number of carbonyl (C=O) groups is 2. The Balaban J connectivity index is 2.01. The first-order valence-electron chi connectivity index (χ1n) is 8.20. The van der Waals surface area contributed by atoms with Crippen LogP contribution in [0.5, 0.6) is 0 Å². The lowest BCUT2D eigenvalue weighted by atomic mass is 10.1. The van der Waals surface area contributed by atoms with Crippen LogP contribution in [-0.4, -0.2) is 17.1 Å². The highest BCUT2D eigenvalue weighted by atomic mass is 79.9. The Labute approximate surface area is 160 Å². The first-order valence-corrected chi connectivity index (χ1v) is 9.70. The molecule has 0 aliphatic carbocycles. The Morgan fingerprint density at radius 1 is 1.08 bits per heavy atom. The van der Waals surface area contributed by atoms with Gasteiger partial charge in [-0.2, -0.15) is 0 Å². The van der Waals surface area contributed by atoms with Crippen molar-refractivity contribution in [2.24, 2.45) is 0 Å². The number of fused-ring (bicyclic) bond motifs is 2. The maximum absolute atomic E-state index is 13.0. The van der Waals surface area contributed by atoms with Gasteiger partial charge in [0.2, 0.25) is 5.91 Å². The molecular weight excluding hydrogens is 404 g/mol. The predicted molar refractivity (Wildman–Crippen MR) is 105 cm³/mol. The highest BCUT2D eigenvalue weighted by molar-refractivity contribution is 9.09. The fraction of sp³-hybridized carbons (Fsp3) is 0.263. The Morgan fingerprint density at radius 2 is 1.88 bits per heavy atom. The molecule has 1 aliphatic heterocycles. The number of hydrogen-bond donors (Lipinski definition) is 1. The minimum Gasteiger partial charge on any atom is -0.320 e. The fourth-order valence-electron chi connectivity index (χ4n) is 2.91. The number of anilines is 3. The van der Waals surface area contributed by atoms with Crippen molar-refractivity contribution in [3.8, 4) is 0 Å². The molecule has 0 unspecified atom stereocenters. The number of nitrogens with one attached hydrogen (secondary N) is 1. The average molecular weight is 422 g/mol. The van der Waals surface area contributed by atoms with Crippen molar-refractivity contribution in [2.75, 3.05) is 15.5 Å². The van der Waals surface area contributed by atoms with Crippen LogP contribution >= 0.6 is 27.5 Å². The molecule has 0 aromatic heterocycles. The van der Waals surface area contributed by atoms with Crippen LogP contribution in [0.25, 0.3) is 0 Å². The zero-order chi connectivity index (χ0) is 17.8. The van der Waals surface area contributed by atoms with E-state index >= 15 is 0 Å². The van der Waals surface area contributed by atoms with Crippen molar-refractivity contribution < 1.29 is 9.59 Å². The van der Waals surface area contributed by atoms with E-state index in [9.17, 15) is 9.59 Å². The smallest absolute Gasteiger partial charge is 0.257 e. The molecule has 2 aromatic rings. The molecule has 0 saturated carbocycles. The highest BCUT2D eigenvalue weighted by Crippen LogP contribution is 2.39. The molecule has 6 heteroatoms. The van der Waals surface area contributed by atoms with Crippen LogP contribution in [0.3, 0.4) is 0 Å². The number of para-hydroxylation sites is 1. The van der Waals surface area contributed by atoms with E-state index in [1.807, 2.05) is 6.07 Å². The van der Waals surface area contributed by atoms with E-state index < -0.39 is 0 Å². The normalized spacial score (nSPS) is 12.9. The second kappa shape index (κ2) is 8.02. The maximum atomic E-state index is 13.0. The van der Waals surface area contributed by atoms with Crippen LogP contribution in [-0.2, 0) is 4.79 Å². The van der Waals surface area contributed by atoms with Crippen molar-refractivity contribution in [3.63, 3.8) is 0 Å². The van der Waals surface area contributed by atoms with Crippen LogP contribution < -0.4 is 10.2 Å². The minimum absolute atomic E-state index is 0.0258. The van der Waals surface area contributed by atoms with E-state index in [0.717, 1.165) is 24.6 Å². The van der Waals surface area contributed by atoms with Crippen molar-refractivity contribution in [1.82, 2.24) is 0 Å². The van der Waals surface area contributed by atoms with Gasteiger partial charge in [-0.15, -0.1) is 0 Å². The van der Waals surface area contributed by atoms with Crippen molar-refractivity contribution in [1.29, 1.82) is 0 Å². The third-order valence-electron chi connectivity index (χ3n) is 4.11. The van der Waals surface area contributed by atoms with Crippen LogP contribution in [0.4, 0.5) is 17.1 Å². The number of unbranched alkanes of at least 4 members (excludes halogenated alkanes) is 2. The highest BCUT2D eigenvalue weighted by Gasteiger charge is 2.28. The second-order valence-corrected chi connectivity index (χ2v) is 7.09. The van der Waals surface area contributed by atoms with Gasteiger partial charge >= 0.3 is 0 Å². The average Bonchev–Trinajstić information content (AvgIpc) is 2.72. The van der Waals surface area contributed by atoms with Gasteiger partial charge in [0.25, 0.3) is 5.91 Å². The molecule has 25 heavy (non-hydrogen) atoms. The fourth-order valence-corrected chi connectivity index (χ4v) is 3.48. The van der Waals surface area contributed by atoms with Gasteiger partial charge in [0.1, 0.15) is 0 Å². The number of nitrogens with zero attached hydrogens (tertiary/aromatic N) is 1. The van der Waals surface area contributed by atoms with Gasteiger partial charge in [0, 0.05) is 16.8 Å². The van der Waals surface area contributed by atoms with Crippen LogP contribution in [0.15, 0.2) is 42.5 Å². The molecule has 1 heterocycles. The second-order valence-electron chi connectivity index (χ2n) is 5.86. The quantitative estimate of drug-likeness (QED) is 0.510. The molecule has 4 nitrogen and oxygen atoms in total. The Morgan fingerprint density at radius 3 is 2.68 bits per heavy atom. The zero-order valence-corrected chi connectivity index (χ0v) is 15.9. The summed E-state index contributed by atoms with van der Waals surface area (Å²) < 4.78 is 0. The molecule has 1 aliphatic rings. The first kappa shape index (κ1) is 18.0. The predicted octanol–water partition coefficient (Wildman–Crippen LogP) is 5.53. The van der Waals surface area contributed by atoms with E-state index in [4.69, 9.17) is 11.6 Å². The van der Waals surface area contributed by atoms with Crippen molar-refractivity contribution in [2.45, 2.75) is 25.7 Å². The summed E-state index contributed by atoms with van der Waals surface area (Å²) in [6, 6.07) is 12.3. The van der Waals surface area contributed by atoms with E-state index in [1.54, 1.807) is 41.3 Å². The molecule has 3 rings (SSSR count). The minimum atomic E-state index is -0.242. The van der Waals surface area contributed by atoms with Gasteiger partial charge in [-0.3, -0.25) is 14.5 Å². The SMILES string of the molecule is O=C1Nc2cc(Cl)ccc2N(C(=O)CCCCCBr)c2ccccc21. The lowest BCUT2D eigenvalue weighted by Gasteiger charge is -2.24. The zero-order valence-electron chi connectivity index (χ0n) is 13.6. The molecule has 0 fully saturated rings. The largest absolute Gasteiger partial charge is 0.320 e. The summed E-state index contributed by atoms with van der Waals surface area (Å²) in [4.78, 5) is 27.2. The van der Waals surface area contributed by atoms with Crippen LogP contribution in [0, 0.1) is 0 Å². The molecule has 130 valence electrons. The molecule has 0 saturated heterocycles. The Kier molecular flexibility index (Phi) is 5.76. The summed E-state index contributed by atoms with van der Waals surface area (Å²) in [7, 11) is 0. The topological polar surface area (TPSA) is 49.4 Å². The third-order valence-corrected chi connectivity index (χ3v) is 4.91.